The second-order valence-electron chi connectivity index (χ2n) is 11.8. The fourth-order valence-corrected chi connectivity index (χ4v) is 5.32. The molecule has 0 aromatic heterocycles. The van der Waals surface area contributed by atoms with E-state index in [1.54, 1.807) is 0 Å². The summed E-state index contributed by atoms with van der Waals surface area (Å²) in [5.74, 6) is -6.96. The van der Waals surface area contributed by atoms with Gasteiger partial charge in [0, 0.05) is 12.5 Å². The molecule has 17 heteroatoms. The van der Waals surface area contributed by atoms with Crippen molar-refractivity contribution in [2.24, 2.45) is 0 Å². The van der Waals surface area contributed by atoms with Crippen molar-refractivity contribution in [3.63, 3.8) is 0 Å². The number of phenols is 6. The van der Waals surface area contributed by atoms with Crippen molar-refractivity contribution in [3.8, 4) is 34.5 Å². The molecule has 1 heterocycles. The average Bonchev–Trinajstić information content (AvgIpc) is 3.10. The summed E-state index contributed by atoms with van der Waals surface area (Å²) in [5, 5.41) is 99.2. The summed E-state index contributed by atoms with van der Waals surface area (Å²) >= 11 is 0. The Morgan fingerprint density at radius 2 is 1.44 bits per heavy atom. The summed E-state index contributed by atoms with van der Waals surface area (Å²) < 4.78 is 21.6. The van der Waals surface area contributed by atoms with Gasteiger partial charge in [-0.2, -0.15) is 0 Å². The highest BCUT2D eigenvalue weighted by Crippen LogP contribution is 2.33. The zero-order valence-corrected chi connectivity index (χ0v) is 27.3. The van der Waals surface area contributed by atoms with E-state index < -0.39 is 102 Å². The maximum Gasteiger partial charge on any atom is 0.345 e. The van der Waals surface area contributed by atoms with Crippen molar-refractivity contribution in [1.82, 2.24) is 0 Å². The van der Waals surface area contributed by atoms with Crippen LogP contribution in [0.1, 0.15) is 35.4 Å². The molecule has 0 radical (unpaired) electrons. The van der Waals surface area contributed by atoms with Gasteiger partial charge in [0.15, 0.2) is 46.9 Å². The van der Waals surface area contributed by atoms with Crippen LogP contribution in [0.5, 0.6) is 34.5 Å². The van der Waals surface area contributed by atoms with Crippen LogP contribution in [0.2, 0.25) is 0 Å². The number of carboxylic acids is 1. The number of benzene rings is 3. The first-order valence-electron chi connectivity index (χ1n) is 15.8. The van der Waals surface area contributed by atoms with E-state index in [2.05, 4.69) is 0 Å². The average molecular weight is 731 g/mol. The molecule has 1 aliphatic rings. The number of aliphatic hydroxyl groups excluding tert-OH is 3. The molecule has 0 bridgehead atoms. The summed E-state index contributed by atoms with van der Waals surface area (Å²) in [6.07, 6.45) is -8.38. The number of aliphatic hydroxyl groups is 3. The zero-order chi connectivity index (χ0) is 38.1. The van der Waals surface area contributed by atoms with Gasteiger partial charge in [-0.3, -0.25) is 4.79 Å². The number of esters is 2. The summed E-state index contributed by atoms with van der Waals surface area (Å²) in [7, 11) is 0. The van der Waals surface area contributed by atoms with E-state index in [0.717, 1.165) is 18.2 Å². The Bertz CT molecular complexity index is 1760. The smallest absolute Gasteiger partial charge is 0.345 e. The molecule has 4 rings (SSSR count). The topological polar surface area (TPSA) is 290 Å². The maximum atomic E-state index is 13.0. The quantitative estimate of drug-likeness (QED) is 0.0595. The fraction of sp³-hybridized carbons (Fsp3) is 0.343. The molecule has 10 N–H and O–H groups in total. The number of carbonyl (C=O) groups is 3. The Balaban J connectivity index is 1.39. The van der Waals surface area contributed by atoms with E-state index >= 15 is 0 Å². The molecule has 0 unspecified atom stereocenters. The van der Waals surface area contributed by atoms with Gasteiger partial charge in [0.2, 0.25) is 6.10 Å². The Morgan fingerprint density at radius 1 is 0.808 bits per heavy atom. The minimum Gasteiger partial charge on any atom is -0.504 e. The van der Waals surface area contributed by atoms with E-state index in [4.69, 9.17) is 18.9 Å². The van der Waals surface area contributed by atoms with E-state index in [-0.39, 0.29) is 30.8 Å². The lowest BCUT2D eigenvalue weighted by Gasteiger charge is -2.41. The van der Waals surface area contributed by atoms with Gasteiger partial charge in [-0.25, -0.2) is 9.59 Å². The first kappa shape index (κ1) is 39.2. The number of carbonyl (C=O) groups excluding carboxylic acids is 2. The summed E-state index contributed by atoms with van der Waals surface area (Å²) in [6.45, 7) is -1.05. The Labute approximate surface area is 295 Å². The third-order valence-electron chi connectivity index (χ3n) is 8.13. The highest BCUT2D eigenvalue weighted by atomic mass is 16.7. The van der Waals surface area contributed by atoms with Crippen LogP contribution in [-0.4, -0.2) is 119 Å². The van der Waals surface area contributed by atoms with Gasteiger partial charge in [-0.05, 0) is 71.5 Å². The molecule has 7 atom stereocenters. The van der Waals surface area contributed by atoms with E-state index in [0.29, 0.717) is 11.1 Å². The molecule has 0 amide bonds. The van der Waals surface area contributed by atoms with Crippen molar-refractivity contribution in [1.29, 1.82) is 0 Å². The minimum absolute atomic E-state index is 0.0502. The predicted molar refractivity (Wildman–Crippen MR) is 175 cm³/mol. The number of ether oxygens (including phenoxy) is 4. The van der Waals surface area contributed by atoms with Gasteiger partial charge in [0.25, 0.3) is 0 Å². The summed E-state index contributed by atoms with van der Waals surface area (Å²) in [4.78, 5) is 37.4. The summed E-state index contributed by atoms with van der Waals surface area (Å²) in [5.41, 5.74) is 0.889. The molecule has 3 aromatic rings. The molecule has 280 valence electrons. The van der Waals surface area contributed by atoms with Gasteiger partial charge in [-0.1, -0.05) is 18.2 Å². The Morgan fingerprint density at radius 3 is 2.06 bits per heavy atom. The molecule has 1 aliphatic heterocycles. The van der Waals surface area contributed by atoms with Crippen molar-refractivity contribution < 1.29 is 84.4 Å². The number of aliphatic carboxylic acids is 1. The van der Waals surface area contributed by atoms with Gasteiger partial charge in [0.1, 0.15) is 18.3 Å². The Hall–Kier alpha value is -5.59. The molecule has 1 saturated heterocycles. The first-order valence-corrected chi connectivity index (χ1v) is 15.8. The van der Waals surface area contributed by atoms with Crippen LogP contribution >= 0.6 is 0 Å². The number of phenolic OH excluding ortho intramolecular Hbond substituents is 6. The highest BCUT2D eigenvalue weighted by Gasteiger charge is 2.47. The fourth-order valence-electron chi connectivity index (χ4n) is 5.32. The largest absolute Gasteiger partial charge is 0.504 e. The molecular formula is C35H38O17. The Kier molecular flexibility index (Phi) is 13.2. The van der Waals surface area contributed by atoms with Crippen molar-refractivity contribution in [2.45, 2.75) is 62.0 Å². The molecule has 52 heavy (non-hydrogen) atoms. The van der Waals surface area contributed by atoms with Crippen molar-refractivity contribution >= 4 is 24.0 Å². The van der Waals surface area contributed by atoms with Gasteiger partial charge in [0.05, 0.1) is 19.6 Å². The lowest BCUT2D eigenvalue weighted by Crippen LogP contribution is -2.60. The van der Waals surface area contributed by atoms with E-state index in [9.17, 15) is 65.4 Å². The van der Waals surface area contributed by atoms with Gasteiger partial charge < -0.3 is 70.0 Å². The van der Waals surface area contributed by atoms with Gasteiger partial charge in [-0.15, -0.1) is 0 Å². The van der Waals surface area contributed by atoms with E-state index in [1.807, 2.05) is 0 Å². The van der Waals surface area contributed by atoms with Gasteiger partial charge >= 0.3 is 17.9 Å². The van der Waals surface area contributed by atoms with Crippen molar-refractivity contribution in [2.75, 3.05) is 13.2 Å². The highest BCUT2D eigenvalue weighted by molar-refractivity contribution is 5.87. The molecule has 1 fully saturated rings. The number of aromatic hydroxyl groups is 6. The normalized spacial score (nSPS) is 21.3. The third-order valence-corrected chi connectivity index (χ3v) is 8.13. The second-order valence-corrected chi connectivity index (χ2v) is 11.8. The van der Waals surface area contributed by atoms with Crippen LogP contribution in [-0.2, 0) is 39.8 Å². The number of hydrogen-bond donors (Lipinski definition) is 10. The SMILES string of the molecule is O=C(/C=C/c1ccc(O)c(O)c1)O[C@H]1[C@H](O)[C@@H](O)[C@H](OCC[C@H](CC(=O)O[C@H](Cc2ccc(O)c(O)c2)C(=O)O)c2ccc(O)c(O)c2)O[C@@H]1CO. The minimum atomic E-state index is -1.80. The lowest BCUT2D eigenvalue weighted by molar-refractivity contribution is -0.303. The maximum absolute atomic E-state index is 13.0. The number of rotatable bonds is 15. The monoisotopic (exact) mass is 730 g/mol. The molecule has 0 saturated carbocycles. The van der Waals surface area contributed by atoms with Crippen LogP contribution in [0.3, 0.4) is 0 Å². The third kappa shape index (κ3) is 10.2. The van der Waals surface area contributed by atoms with Crippen LogP contribution in [0, 0.1) is 0 Å². The molecular weight excluding hydrogens is 692 g/mol. The van der Waals surface area contributed by atoms with Crippen LogP contribution in [0.15, 0.2) is 60.7 Å². The number of carboxylic acid groups (broad SMARTS) is 1. The van der Waals surface area contributed by atoms with Crippen LogP contribution < -0.4 is 0 Å². The number of hydrogen-bond acceptors (Lipinski definition) is 16. The zero-order valence-electron chi connectivity index (χ0n) is 27.3. The van der Waals surface area contributed by atoms with Crippen molar-refractivity contribution in [3.05, 3.63) is 77.4 Å². The van der Waals surface area contributed by atoms with E-state index in [1.165, 1.54) is 48.5 Å². The molecule has 17 nitrogen and oxygen atoms in total. The summed E-state index contributed by atoms with van der Waals surface area (Å²) in [6, 6.07) is 11.1. The molecule has 0 aliphatic carbocycles. The predicted octanol–water partition coefficient (Wildman–Crippen LogP) is 1.10. The molecule has 0 spiro atoms. The second kappa shape index (κ2) is 17.6. The van der Waals surface area contributed by atoms with Crippen LogP contribution in [0.25, 0.3) is 6.08 Å². The lowest BCUT2D eigenvalue weighted by atomic mass is 9.92. The van der Waals surface area contributed by atoms with Crippen LogP contribution in [0.4, 0.5) is 0 Å². The first-order chi connectivity index (χ1) is 24.7. The standard InChI is InChI=1S/C35H38O17/c36-16-28-33(52-29(43)8-3-17-1-5-21(37)24(40)11-17)31(45)32(46)35(51-28)49-10-9-20(19-4-7-23(39)26(42)14-19)15-30(44)50-27(34(47)48)13-18-2-6-22(38)25(41)12-18/h1-8,11-12,14,20,27-28,31-33,35-42,45-46H,9-10,13,15-16H2,(H,47,48)/b8-3+/t20-,27-,28-,31-,32-,33-,35-/m1/s1. The molecule has 3 aromatic carbocycles.